The van der Waals surface area contributed by atoms with Crippen LogP contribution in [0.1, 0.15) is 36.7 Å². The van der Waals surface area contributed by atoms with Crippen LogP contribution in [0.15, 0.2) is 12.3 Å². The van der Waals surface area contributed by atoms with Crippen molar-refractivity contribution < 1.29 is 4.79 Å². The van der Waals surface area contributed by atoms with Crippen molar-refractivity contribution in [3.63, 3.8) is 0 Å². The van der Waals surface area contributed by atoms with E-state index in [1.54, 1.807) is 16.9 Å². The lowest BCUT2D eigenvalue weighted by atomic mass is 10.1. The van der Waals surface area contributed by atoms with Crippen molar-refractivity contribution in [3.05, 3.63) is 29.2 Å². The Balaban J connectivity index is 1.97. The summed E-state index contributed by atoms with van der Waals surface area (Å²) in [5, 5.41) is 20.1. The second-order valence-electron chi connectivity index (χ2n) is 5.36. The van der Waals surface area contributed by atoms with Crippen LogP contribution < -0.4 is 5.32 Å². The van der Waals surface area contributed by atoms with Crippen molar-refractivity contribution in [2.75, 3.05) is 5.32 Å². The SMILES string of the molecule is CCn1nccc1NC(=O)CCc1c(C)nn(CCC#N)c1C. The molecule has 7 heteroatoms. The third kappa shape index (κ3) is 3.97. The first-order valence-corrected chi connectivity index (χ1v) is 7.78. The molecular formula is C16H22N6O. The maximum Gasteiger partial charge on any atom is 0.225 e. The van der Waals surface area contributed by atoms with Gasteiger partial charge in [0, 0.05) is 24.7 Å². The van der Waals surface area contributed by atoms with Gasteiger partial charge in [0.15, 0.2) is 0 Å². The van der Waals surface area contributed by atoms with E-state index >= 15 is 0 Å². The lowest BCUT2D eigenvalue weighted by Gasteiger charge is -2.07. The van der Waals surface area contributed by atoms with Crippen molar-refractivity contribution in [1.29, 1.82) is 5.26 Å². The molecule has 0 aliphatic rings. The zero-order valence-corrected chi connectivity index (χ0v) is 13.8. The first-order chi connectivity index (χ1) is 11.1. The third-order valence-corrected chi connectivity index (χ3v) is 3.85. The zero-order valence-electron chi connectivity index (χ0n) is 13.8. The summed E-state index contributed by atoms with van der Waals surface area (Å²) in [6.45, 7) is 7.20. The molecule has 0 fully saturated rings. The van der Waals surface area contributed by atoms with Crippen LogP contribution in [-0.2, 0) is 24.3 Å². The topological polar surface area (TPSA) is 88.5 Å². The summed E-state index contributed by atoms with van der Waals surface area (Å²) in [7, 11) is 0. The summed E-state index contributed by atoms with van der Waals surface area (Å²) >= 11 is 0. The number of rotatable bonds is 7. The van der Waals surface area contributed by atoms with E-state index in [2.05, 4.69) is 21.6 Å². The maximum absolute atomic E-state index is 12.1. The summed E-state index contributed by atoms with van der Waals surface area (Å²) in [6, 6.07) is 3.91. The molecule has 2 aromatic heterocycles. The number of nitriles is 1. The van der Waals surface area contributed by atoms with E-state index < -0.39 is 0 Å². The van der Waals surface area contributed by atoms with E-state index in [4.69, 9.17) is 5.26 Å². The van der Waals surface area contributed by atoms with Gasteiger partial charge >= 0.3 is 0 Å². The molecule has 2 rings (SSSR count). The second kappa shape index (κ2) is 7.58. The minimum Gasteiger partial charge on any atom is -0.311 e. The number of nitrogens with zero attached hydrogens (tertiary/aromatic N) is 5. The van der Waals surface area contributed by atoms with Gasteiger partial charge in [-0.05, 0) is 32.8 Å². The van der Waals surface area contributed by atoms with Gasteiger partial charge in [-0.25, -0.2) is 4.68 Å². The molecule has 0 aliphatic heterocycles. The van der Waals surface area contributed by atoms with E-state index in [1.165, 1.54) is 0 Å². The van der Waals surface area contributed by atoms with Gasteiger partial charge < -0.3 is 5.32 Å². The highest BCUT2D eigenvalue weighted by atomic mass is 16.1. The van der Waals surface area contributed by atoms with Gasteiger partial charge in [0.25, 0.3) is 0 Å². The molecule has 0 radical (unpaired) electrons. The van der Waals surface area contributed by atoms with E-state index in [0.29, 0.717) is 32.4 Å². The highest BCUT2D eigenvalue weighted by Gasteiger charge is 2.13. The lowest BCUT2D eigenvalue weighted by molar-refractivity contribution is -0.116. The molecule has 2 aromatic rings. The van der Waals surface area contributed by atoms with Crippen LogP contribution in [-0.4, -0.2) is 25.5 Å². The maximum atomic E-state index is 12.1. The molecule has 0 saturated heterocycles. The Morgan fingerprint density at radius 1 is 1.39 bits per heavy atom. The van der Waals surface area contributed by atoms with E-state index in [9.17, 15) is 4.79 Å². The van der Waals surface area contributed by atoms with Crippen LogP contribution in [0.4, 0.5) is 5.82 Å². The Bertz CT molecular complexity index is 721. The van der Waals surface area contributed by atoms with Crippen molar-refractivity contribution in [2.24, 2.45) is 0 Å². The number of nitrogens with one attached hydrogen (secondary N) is 1. The van der Waals surface area contributed by atoms with Gasteiger partial charge in [-0.2, -0.15) is 15.5 Å². The van der Waals surface area contributed by atoms with Crippen LogP contribution in [0.2, 0.25) is 0 Å². The summed E-state index contributed by atoms with van der Waals surface area (Å²) in [5.74, 6) is 0.680. The van der Waals surface area contributed by atoms with Gasteiger partial charge in [0.2, 0.25) is 5.91 Å². The summed E-state index contributed by atoms with van der Waals surface area (Å²) < 4.78 is 3.59. The molecule has 1 amide bonds. The predicted molar refractivity (Wildman–Crippen MR) is 86.8 cm³/mol. The quantitative estimate of drug-likeness (QED) is 0.848. The third-order valence-electron chi connectivity index (χ3n) is 3.85. The Labute approximate surface area is 135 Å². The van der Waals surface area contributed by atoms with Crippen molar-refractivity contribution >= 4 is 11.7 Å². The summed E-state index contributed by atoms with van der Waals surface area (Å²) in [4.78, 5) is 12.1. The summed E-state index contributed by atoms with van der Waals surface area (Å²) in [5.41, 5.74) is 3.04. The molecular weight excluding hydrogens is 292 g/mol. The minimum absolute atomic E-state index is 0.0382. The first-order valence-electron chi connectivity index (χ1n) is 7.78. The number of aromatic nitrogens is 4. The highest BCUT2D eigenvalue weighted by Crippen LogP contribution is 2.16. The van der Waals surface area contributed by atoms with Gasteiger partial charge in [-0.1, -0.05) is 0 Å². The fraction of sp³-hybridized carbons (Fsp3) is 0.500. The van der Waals surface area contributed by atoms with Crippen molar-refractivity contribution in [2.45, 2.75) is 53.1 Å². The number of carbonyl (C=O) groups excluding carboxylic acids is 1. The van der Waals surface area contributed by atoms with Crippen LogP contribution >= 0.6 is 0 Å². The Hall–Kier alpha value is -2.62. The first kappa shape index (κ1) is 16.7. The molecule has 0 spiro atoms. The molecule has 0 aromatic carbocycles. The standard InChI is InChI=1S/C16H22N6O/c1-4-21-15(8-10-18-21)19-16(23)7-6-14-12(2)20-22(13(14)3)11-5-9-17/h8,10H,4-7,11H2,1-3H3,(H,19,23). The number of amides is 1. The zero-order chi connectivity index (χ0) is 16.8. The summed E-state index contributed by atoms with van der Waals surface area (Å²) in [6.07, 6.45) is 3.13. The lowest BCUT2D eigenvalue weighted by Crippen LogP contribution is -2.16. The van der Waals surface area contributed by atoms with Crippen LogP contribution in [0.5, 0.6) is 0 Å². The Morgan fingerprint density at radius 2 is 2.17 bits per heavy atom. The molecule has 23 heavy (non-hydrogen) atoms. The molecule has 2 heterocycles. The van der Waals surface area contributed by atoms with E-state index in [-0.39, 0.29) is 5.91 Å². The van der Waals surface area contributed by atoms with Gasteiger partial charge in [0.1, 0.15) is 5.82 Å². The van der Waals surface area contributed by atoms with Crippen LogP contribution in [0, 0.1) is 25.2 Å². The van der Waals surface area contributed by atoms with E-state index in [0.717, 1.165) is 22.8 Å². The molecule has 7 nitrogen and oxygen atoms in total. The highest BCUT2D eigenvalue weighted by molar-refractivity contribution is 5.89. The molecule has 0 aliphatic carbocycles. The predicted octanol–water partition coefficient (Wildman–Crippen LogP) is 2.20. The smallest absolute Gasteiger partial charge is 0.225 e. The molecule has 0 bridgehead atoms. The van der Waals surface area contributed by atoms with Crippen LogP contribution in [0.25, 0.3) is 0 Å². The number of aryl methyl sites for hydroxylation is 3. The number of hydrogen-bond donors (Lipinski definition) is 1. The molecule has 1 N–H and O–H groups in total. The fourth-order valence-corrected chi connectivity index (χ4v) is 2.60. The van der Waals surface area contributed by atoms with Crippen molar-refractivity contribution in [1.82, 2.24) is 19.6 Å². The monoisotopic (exact) mass is 314 g/mol. The molecule has 122 valence electrons. The average Bonchev–Trinajstić information content (AvgIpc) is 3.08. The Kier molecular flexibility index (Phi) is 5.52. The minimum atomic E-state index is -0.0382. The van der Waals surface area contributed by atoms with E-state index in [1.807, 2.05) is 25.5 Å². The molecule has 0 saturated carbocycles. The largest absolute Gasteiger partial charge is 0.311 e. The molecule has 0 atom stereocenters. The Morgan fingerprint density at radius 3 is 2.87 bits per heavy atom. The average molecular weight is 314 g/mol. The van der Waals surface area contributed by atoms with Gasteiger partial charge in [0.05, 0.1) is 30.9 Å². The number of hydrogen-bond acceptors (Lipinski definition) is 4. The second-order valence-corrected chi connectivity index (χ2v) is 5.36. The number of carbonyl (C=O) groups is 1. The normalized spacial score (nSPS) is 10.5. The fourth-order valence-electron chi connectivity index (χ4n) is 2.60. The van der Waals surface area contributed by atoms with Gasteiger partial charge in [-0.3, -0.25) is 9.48 Å². The van der Waals surface area contributed by atoms with Gasteiger partial charge in [-0.15, -0.1) is 0 Å². The molecule has 0 unspecified atom stereocenters. The van der Waals surface area contributed by atoms with Crippen molar-refractivity contribution in [3.8, 4) is 6.07 Å². The number of anilines is 1. The van der Waals surface area contributed by atoms with Crippen LogP contribution in [0.3, 0.4) is 0 Å².